The van der Waals surface area contributed by atoms with E-state index >= 15 is 0 Å². The Morgan fingerprint density at radius 1 is 1.75 bits per heavy atom. The molecule has 0 atom stereocenters. The van der Waals surface area contributed by atoms with Crippen LogP contribution in [-0.4, -0.2) is 0 Å². The van der Waals surface area contributed by atoms with E-state index in [0.717, 1.165) is 0 Å². The van der Waals surface area contributed by atoms with Crippen molar-refractivity contribution in [2.75, 3.05) is 0 Å². The zero-order chi connectivity index (χ0) is 2.71. The molecule has 0 bridgehead atoms. The number of rotatable bonds is 0. The molecule has 4 heavy (non-hydrogen) atoms. The molecule has 16 valence electrons. The van der Waals surface area contributed by atoms with Gasteiger partial charge in [0.25, 0.3) is 0 Å². The van der Waals surface area contributed by atoms with Gasteiger partial charge in [-0.2, -0.15) is 0 Å². The topological polar surface area (TPSA) is 23.1 Å². The van der Waals surface area contributed by atoms with Crippen LogP contribution in [0.2, 0.25) is 0 Å². The summed E-state index contributed by atoms with van der Waals surface area (Å²) in [5, 5.41) is 0. The van der Waals surface area contributed by atoms with Crippen LogP contribution in [0.25, 0.3) is 0 Å². The van der Waals surface area contributed by atoms with Crippen LogP contribution in [0, 0.1) is 6.13 Å². The molecule has 0 heterocycles. The maximum Gasteiger partial charge on any atom is 1.00 e. The summed E-state index contributed by atoms with van der Waals surface area (Å²) in [6, 6.07) is 0. The third-order valence-corrected chi connectivity index (χ3v) is 0. The van der Waals surface area contributed by atoms with Crippen LogP contribution in [0.1, 0.15) is 0 Å². The average Bonchev–Trinajstić information content (AvgIpc) is 0.918. The van der Waals surface area contributed by atoms with Crippen molar-refractivity contribution in [3.8, 4) is 6.13 Å². The van der Waals surface area contributed by atoms with Crippen LogP contribution in [0.15, 0.2) is 0 Å². The molecule has 0 spiro atoms. The monoisotopic (exact) mass is 83.0 g/mol. The quantitative estimate of drug-likeness (QED) is 0.223. The summed E-state index contributed by atoms with van der Waals surface area (Å²) in [5.41, 5.74) is 0. The second-order valence-electron chi connectivity index (χ2n) is 0.105. The van der Waals surface area contributed by atoms with E-state index in [1.54, 1.807) is 0 Å². The first-order valence-electron chi connectivity index (χ1n) is 0.441. The number of hydrogen-bond donors (Lipinski definition) is 0. The van der Waals surface area contributed by atoms with E-state index in [2.05, 4.69) is 6.13 Å². The van der Waals surface area contributed by atoms with Crippen molar-refractivity contribution in [3.63, 3.8) is 0 Å². The molecule has 0 N–H and O–H groups in total. The summed E-state index contributed by atoms with van der Waals surface area (Å²) in [4.78, 5) is 8.68. The summed E-state index contributed by atoms with van der Waals surface area (Å²) in [5.74, 6) is 0. The molecule has 3 heteroatoms. The molecule has 0 saturated carbocycles. The van der Waals surface area contributed by atoms with Crippen LogP contribution < -0.4 is 34.5 Å². The molecule has 0 aliphatic heterocycles. The van der Waals surface area contributed by atoms with Crippen LogP contribution in [0.3, 0.4) is 0 Å². The zero-order valence-electron chi connectivity index (χ0n) is 2.43. The Labute approximate surface area is 48.9 Å². The molecule has 0 saturated heterocycles. The van der Waals surface area contributed by atoms with Gasteiger partial charge >= 0.3 is 48.8 Å². The van der Waals surface area contributed by atoms with Gasteiger partial charge in [0.1, 0.15) is 0 Å². The van der Waals surface area contributed by atoms with E-state index in [9.17, 15) is 0 Å². The molecule has 0 radical (unpaired) electrons. The molecule has 0 rings (SSSR count). The molecular weight excluding hydrogens is 82.0 g/mol. The van der Waals surface area contributed by atoms with Gasteiger partial charge in [-0.1, -0.05) is 0 Å². The fourth-order valence-corrected chi connectivity index (χ4v) is 0. The molecular formula is CHNaOP+. The van der Waals surface area contributed by atoms with Crippen LogP contribution in [0.5, 0.6) is 0 Å². The van der Waals surface area contributed by atoms with Crippen LogP contribution in [-0.2, 0) is 0 Å². The van der Waals surface area contributed by atoms with Crippen molar-refractivity contribution in [1.82, 2.24) is 0 Å². The van der Waals surface area contributed by atoms with Crippen molar-refractivity contribution in [3.05, 3.63) is 0 Å². The Hall–Kier alpha value is 1.17. The maximum absolute atomic E-state index is 8.68. The van der Waals surface area contributed by atoms with Crippen molar-refractivity contribution in [2.24, 2.45) is 0 Å². The van der Waals surface area contributed by atoms with E-state index in [0.29, 0.717) is 0 Å². The van der Waals surface area contributed by atoms with Gasteiger partial charge in [-0.3, -0.25) is 0 Å². The molecule has 1 nitrogen and oxygen atoms in total. The van der Waals surface area contributed by atoms with Gasteiger partial charge in [-0.25, -0.2) is 0 Å². The first-order chi connectivity index (χ1) is 1.41. The van der Waals surface area contributed by atoms with Crippen molar-refractivity contribution >= 4 is 8.26 Å². The Balaban J connectivity index is 0. The summed E-state index contributed by atoms with van der Waals surface area (Å²) in [6.45, 7) is 0. The van der Waals surface area contributed by atoms with Gasteiger partial charge in [0, 0.05) is 0 Å². The summed E-state index contributed by atoms with van der Waals surface area (Å²) in [6.07, 6.45) is 4.26. The molecule has 0 aromatic carbocycles. The average molecular weight is 83.0 g/mol. The molecule has 0 aromatic rings. The first kappa shape index (κ1) is 8.95. The molecule has 0 aromatic heterocycles. The second-order valence-corrected chi connectivity index (χ2v) is 0.316. The molecule has 0 amide bonds. The minimum absolute atomic E-state index is 0. The van der Waals surface area contributed by atoms with Crippen molar-refractivity contribution in [1.29, 1.82) is 0 Å². The predicted molar refractivity (Wildman–Crippen MR) is 11.9 cm³/mol. The van der Waals surface area contributed by atoms with E-state index in [4.69, 9.17) is 4.89 Å². The fraction of sp³-hybridized carbons (Fsp3) is 0. The van der Waals surface area contributed by atoms with Gasteiger partial charge in [0.05, 0.1) is 0 Å². The van der Waals surface area contributed by atoms with E-state index < -0.39 is 0 Å². The summed E-state index contributed by atoms with van der Waals surface area (Å²) >= 11 is 0. The Kier molecular flexibility index (Phi) is 19.9. The van der Waals surface area contributed by atoms with Gasteiger partial charge in [-0.05, 0) is 0 Å². The maximum atomic E-state index is 8.68. The largest absolute Gasteiger partial charge is 1.00 e. The van der Waals surface area contributed by atoms with Gasteiger partial charge < -0.3 is 0 Å². The van der Waals surface area contributed by atoms with Gasteiger partial charge in [0.2, 0.25) is 0 Å². The Bertz CT molecular complexity index is 29.5. The second kappa shape index (κ2) is 8.90. The number of hydrogen-bond acceptors (Lipinski definition) is 1. The predicted octanol–water partition coefficient (Wildman–Crippen LogP) is -3.20. The van der Waals surface area contributed by atoms with Crippen LogP contribution in [0.4, 0.5) is 0 Å². The molecule has 0 unspecified atom stereocenters. The fourth-order valence-electron chi connectivity index (χ4n) is 0. The Morgan fingerprint density at radius 3 is 1.75 bits per heavy atom. The van der Waals surface area contributed by atoms with Gasteiger partial charge in [-0.15, -0.1) is 0 Å². The minimum Gasteiger partial charge on any atom is 1.00 e. The zero-order valence-corrected chi connectivity index (χ0v) is 5.33. The minimum atomic E-state index is -0.333. The normalized spacial score (nSPS) is 3.00. The summed E-state index contributed by atoms with van der Waals surface area (Å²) < 4.78 is 0. The van der Waals surface area contributed by atoms with Crippen LogP contribution >= 0.6 is 8.26 Å². The third-order valence-electron chi connectivity index (χ3n) is 0. The molecule has 0 aliphatic rings. The first-order valence-corrected chi connectivity index (χ1v) is 1.32. The standard InChI is InChI=1S/CHOP.Na/c1-3-2;/h1H;/q;+1. The van der Waals surface area contributed by atoms with E-state index in [1.807, 2.05) is 0 Å². The summed E-state index contributed by atoms with van der Waals surface area (Å²) in [7, 11) is -0.333. The van der Waals surface area contributed by atoms with Crippen molar-refractivity contribution in [2.45, 2.75) is 0 Å². The third kappa shape index (κ3) is 10.9. The smallest absolute Gasteiger partial charge is 1.00 e. The Morgan fingerprint density at radius 2 is 1.75 bits per heavy atom. The molecule has 0 aliphatic carbocycles. The van der Waals surface area contributed by atoms with Crippen molar-refractivity contribution < 1.29 is 34.5 Å². The molecule has 0 fully saturated rings. The van der Waals surface area contributed by atoms with E-state index in [1.165, 1.54) is 0 Å². The van der Waals surface area contributed by atoms with E-state index in [-0.39, 0.29) is 37.8 Å². The SMILES string of the molecule is C#[P+][O-].[Na+]. The van der Waals surface area contributed by atoms with Gasteiger partial charge in [0.15, 0.2) is 0 Å².